The van der Waals surface area contributed by atoms with E-state index in [4.69, 9.17) is 5.11 Å². The first-order valence-corrected chi connectivity index (χ1v) is 5.34. The highest BCUT2D eigenvalue weighted by Gasteiger charge is 2.42. The average Bonchev–Trinajstić information content (AvgIpc) is 2.99. The van der Waals surface area contributed by atoms with Crippen LogP contribution < -0.4 is 5.32 Å². The number of rotatable bonds is 6. The summed E-state index contributed by atoms with van der Waals surface area (Å²) in [5.74, 6) is -1.71. The fourth-order valence-corrected chi connectivity index (χ4v) is 1.95. The molecule has 4 heteroatoms. The molecule has 0 aromatic carbocycles. The standard InChI is InChI=1S/C10H17F2NO/c11-10(12,6-14)5-13-9(7-1-2-7)8-3-4-8/h7-9,13-14H,1-6H2. The molecule has 0 heterocycles. The van der Waals surface area contributed by atoms with Gasteiger partial charge in [-0.15, -0.1) is 0 Å². The minimum atomic E-state index is -2.96. The molecule has 82 valence electrons. The Labute approximate surface area is 82.7 Å². The van der Waals surface area contributed by atoms with E-state index in [0.717, 1.165) is 0 Å². The Morgan fingerprint density at radius 2 is 1.71 bits per heavy atom. The molecule has 0 bridgehead atoms. The van der Waals surface area contributed by atoms with E-state index in [9.17, 15) is 8.78 Å². The van der Waals surface area contributed by atoms with Gasteiger partial charge >= 0.3 is 0 Å². The Morgan fingerprint density at radius 1 is 1.21 bits per heavy atom. The molecule has 0 aromatic heterocycles. The molecule has 0 atom stereocenters. The summed E-state index contributed by atoms with van der Waals surface area (Å²) in [6.45, 7) is -1.43. The smallest absolute Gasteiger partial charge is 0.282 e. The molecule has 0 unspecified atom stereocenters. The summed E-state index contributed by atoms with van der Waals surface area (Å²) in [6.07, 6.45) is 4.72. The summed E-state index contributed by atoms with van der Waals surface area (Å²) in [4.78, 5) is 0. The van der Waals surface area contributed by atoms with Crippen molar-refractivity contribution in [3.8, 4) is 0 Å². The van der Waals surface area contributed by atoms with Crippen LogP contribution in [-0.2, 0) is 0 Å². The van der Waals surface area contributed by atoms with Gasteiger partial charge in [-0.25, -0.2) is 8.78 Å². The van der Waals surface area contributed by atoms with Crippen molar-refractivity contribution in [2.75, 3.05) is 13.2 Å². The quantitative estimate of drug-likeness (QED) is 0.687. The predicted molar refractivity (Wildman–Crippen MR) is 49.3 cm³/mol. The van der Waals surface area contributed by atoms with E-state index in [1.165, 1.54) is 25.7 Å². The lowest BCUT2D eigenvalue weighted by atomic mass is 10.1. The van der Waals surface area contributed by atoms with Gasteiger partial charge in [0.15, 0.2) is 0 Å². The molecular weight excluding hydrogens is 188 g/mol. The van der Waals surface area contributed by atoms with Crippen molar-refractivity contribution < 1.29 is 13.9 Å². The van der Waals surface area contributed by atoms with Gasteiger partial charge in [-0.2, -0.15) is 0 Å². The van der Waals surface area contributed by atoms with Crippen molar-refractivity contribution in [2.24, 2.45) is 11.8 Å². The van der Waals surface area contributed by atoms with E-state index in [-0.39, 0.29) is 12.6 Å². The van der Waals surface area contributed by atoms with Gasteiger partial charge in [-0.3, -0.25) is 0 Å². The van der Waals surface area contributed by atoms with Crippen LogP contribution in [0.15, 0.2) is 0 Å². The van der Waals surface area contributed by atoms with Crippen LogP contribution in [0.4, 0.5) is 8.78 Å². The predicted octanol–water partition coefficient (Wildman–Crippen LogP) is 1.39. The molecule has 2 N–H and O–H groups in total. The SMILES string of the molecule is OCC(F)(F)CNC(C1CC1)C1CC1. The zero-order chi connectivity index (χ0) is 10.2. The lowest BCUT2D eigenvalue weighted by molar-refractivity contribution is -0.0501. The lowest BCUT2D eigenvalue weighted by Gasteiger charge is -2.21. The second-order valence-corrected chi connectivity index (χ2v) is 4.60. The Balaban J connectivity index is 1.76. The topological polar surface area (TPSA) is 32.3 Å². The highest BCUT2D eigenvalue weighted by atomic mass is 19.3. The third kappa shape index (κ3) is 2.64. The van der Waals surface area contributed by atoms with Crippen LogP contribution in [0.1, 0.15) is 25.7 Å². The van der Waals surface area contributed by atoms with E-state index in [0.29, 0.717) is 11.8 Å². The minimum absolute atomic E-state index is 0.285. The number of halogens is 2. The van der Waals surface area contributed by atoms with Crippen LogP contribution in [0.2, 0.25) is 0 Å². The summed E-state index contributed by atoms with van der Waals surface area (Å²) >= 11 is 0. The molecule has 14 heavy (non-hydrogen) atoms. The van der Waals surface area contributed by atoms with Crippen molar-refractivity contribution >= 4 is 0 Å². The number of alkyl halides is 2. The minimum Gasteiger partial charge on any atom is -0.390 e. The fourth-order valence-electron chi connectivity index (χ4n) is 1.95. The second-order valence-electron chi connectivity index (χ2n) is 4.60. The monoisotopic (exact) mass is 205 g/mol. The van der Waals surface area contributed by atoms with Crippen LogP contribution in [-0.4, -0.2) is 30.2 Å². The highest BCUT2D eigenvalue weighted by Crippen LogP contribution is 2.44. The maximum absolute atomic E-state index is 12.8. The van der Waals surface area contributed by atoms with E-state index < -0.39 is 12.5 Å². The molecule has 0 spiro atoms. The molecule has 0 aliphatic heterocycles. The number of hydrogen-bond acceptors (Lipinski definition) is 2. The summed E-state index contributed by atoms with van der Waals surface area (Å²) in [5.41, 5.74) is 0. The summed E-state index contributed by atoms with van der Waals surface area (Å²) in [7, 11) is 0. The lowest BCUT2D eigenvalue weighted by Crippen LogP contribution is -2.43. The van der Waals surface area contributed by atoms with Crippen LogP contribution in [0.5, 0.6) is 0 Å². The Hall–Kier alpha value is -0.220. The van der Waals surface area contributed by atoms with Crippen LogP contribution >= 0.6 is 0 Å². The van der Waals surface area contributed by atoms with Crippen molar-refractivity contribution in [1.82, 2.24) is 5.32 Å². The molecule has 2 fully saturated rings. The third-order valence-corrected chi connectivity index (χ3v) is 3.09. The summed E-state index contributed by atoms with van der Waals surface area (Å²) in [5, 5.41) is 11.4. The highest BCUT2D eigenvalue weighted by molar-refractivity contribution is 4.96. The van der Waals surface area contributed by atoms with E-state index in [1.807, 2.05) is 0 Å². The Bertz CT molecular complexity index is 190. The zero-order valence-electron chi connectivity index (χ0n) is 8.18. The average molecular weight is 205 g/mol. The molecule has 2 aliphatic carbocycles. The largest absolute Gasteiger partial charge is 0.390 e. The molecule has 2 saturated carbocycles. The maximum Gasteiger partial charge on any atom is 0.282 e. The van der Waals surface area contributed by atoms with Gasteiger partial charge in [-0.05, 0) is 37.5 Å². The number of hydrogen-bond donors (Lipinski definition) is 2. The number of aliphatic hydroxyl groups excluding tert-OH is 1. The van der Waals surface area contributed by atoms with Crippen molar-refractivity contribution in [2.45, 2.75) is 37.6 Å². The summed E-state index contributed by atoms with van der Waals surface area (Å²) in [6, 6.07) is 0.285. The van der Waals surface area contributed by atoms with Crippen molar-refractivity contribution in [3.05, 3.63) is 0 Å². The second kappa shape index (κ2) is 3.74. The van der Waals surface area contributed by atoms with Gasteiger partial charge in [0.25, 0.3) is 5.92 Å². The van der Waals surface area contributed by atoms with Gasteiger partial charge in [-0.1, -0.05) is 0 Å². The molecule has 0 saturated heterocycles. The molecule has 0 radical (unpaired) electrons. The first-order valence-electron chi connectivity index (χ1n) is 5.34. The molecule has 2 rings (SSSR count). The van der Waals surface area contributed by atoms with Crippen LogP contribution in [0, 0.1) is 11.8 Å². The first-order chi connectivity index (χ1) is 6.62. The van der Waals surface area contributed by atoms with Gasteiger partial charge in [0.2, 0.25) is 0 Å². The number of nitrogens with one attached hydrogen (secondary N) is 1. The fraction of sp³-hybridized carbons (Fsp3) is 1.00. The normalized spacial score (nSPS) is 23.1. The van der Waals surface area contributed by atoms with Gasteiger partial charge < -0.3 is 10.4 Å². The van der Waals surface area contributed by atoms with Gasteiger partial charge in [0.05, 0.1) is 6.54 Å². The molecule has 0 aromatic rings. The molecular formula is C10H17F2NO. The first kappa shape index (κ1) is 10.3. The van der Waals surface area contributed by atoms with Crippen molar-refractivity contribution in [3.63, 3.8) is 0 Å². The van der Waals surface area contributed by atoms with Crippen LogP contribution in [0.3, 0.4) is 0 Å². The van der Waals surface area contributed by atoms with E-state index in [2.05, 4.69) is 5.32 Å². The Kier molecular flexibility index (Phi) is 2.75. The molecule has 2 aliphatic rings. The number of aliphatic hydroxyl groups is 1. The van der Waals surface area contributed by atoms with Gasteiger partial charge in [0, 0.05) is 6.04 Å². The van der Waals surface area contributed by atoms with Crippen molar-refractivity contribution in [1.29, 1.82) is 0 Å². The van der Waals surface area contributed by atoms with E-state index in [1.54, 1.807) is 0 Å². The summed E-state index contributed by atoms with van der Waals surface area (Å²) < 4.78 is 25.5. The van der Waals surface area contributed by atoms with Crippen LogP contribution in [0.25, 0.3) is 0 Å². The third-order valence-electron chi connectivity index (χ3n) is 3.09. The van der Waals surface area contributed by atoms with Gasteiger partial charge in [0.1, 0.15) is 6.61 Å². The van der Waals surface area contributed by atoms with E-state index >= 15 is 0 Å². The molecule has 2 nitrogen and oxygen atoms in total. The maximum atomic E-state index is 12.8. The Morgan fingerprint density at radius 3 is 2.07 bits per heavy atom. The molecule has 0 amide bonds. The zero-order valence-corrected chi connectivity index (χ0v) is 8.18.